The minimum atomic E-state index is -0.626. The molecule has 0 bridgehead atoms. The van der Waals surface area contributed by atoms with E-state index in [4.69, 9.17) is 31.4 Å². The average Bonchev–Trinajstić information content (AvgIpc) is 3.89. The smallest absolute Gasteiger partial charge is 0.350 e. The summed E-state index contributed by atoms with van der Waals surface area (Å²) in [5.74, 6) is 0.469. The Labute approximate surface area is 359 Å². The molecule has 0 aliphatic carbocycles. The highest BCUT2D eigenvalue weighted by Crippen LogP contribution is 2.42. The zero-order chi connectivity index (χ0) is 44.1. The number of nitrogens with zero attached hydrogens (tertiary/aromatic N) is 6. The molecule has 4 aliphatic rings. The van der Waals surface area contributed by atoms with Crippen molar-refractivity contribution >= 4 is 70.7 Å². The summed E-state index contributed by atoms with van der Waals surface area (Å²) in [5, 5.41) is 29.0. The number of nitrogen functional groups attached to an aromatic ring is 2. The Morgan fingerprint density at radius 2 is 1.07 bits per heavy atom. The summed E-state index contributed by atoms with van der Waals surface area (Å²) < 4.78 is 18.0. The first-order valence-electron chi connectivity index (χ1n) is 19.2. The maximum absolute atomic E-state index is 11.7. The third-order valence-corrected chi connectivity index (χ3v) is 13.9. The molecule has 9 N–H and O–H groups in total. The summed E-state index contributed by atoms with van der Waals surface area (Å²) >= 11 is 4.36. The number of aromatic nitrogens is 4. The van der Waals surface area contributed by atoms with Gasteiger partial charge in [-0.05, 0) is 18.2 Å². The Bertz CT molecular complexity index is 1900. The van der Waals surface area contributed by atoms with Crippen LogP contribution in [0.15, 0.2) is 63.8 Å². The number of amidine groups is 1. The first-order valence-corrected chi connectivity index (χ1v) is 22.0. The van der Waals surface area contributed by atoms with Crippen molar-refractivity contribution in [2.45, 2.75) is 109 Å². The molecule has 0 saturated carbocycles. The SMILES string of the molecule is C=C1N=C(N)C=CN1[C@H]1CC(O)[C@@H](COC(=O)CC)S1.CCC(=O)OC[C@H]1S[C@@H](n2ccc(N)nc2=O)CC1O.CCC(=O)OC[C@H]1S[C@@H](n2ccc(N)nc2=O)CC1O. The van der Waals surface area contributed by atoms with E-state index in [9.17, 15) is 39.3 Å². The number of aliphatic imine (C=N–C) groups is 1. The highest BCUT2D eigenvalue weighted by atomic mass is 32.2. The lowest BCUT2D eigenvalue weighted by Gasteiger charge is -2.28. The molecule has 3 saturated heterocycles. The predicted octanol–water partition coefficient (Wildman–Crippen LogP) is 1.08. The Balaban J connectivity index is 0.000000198. The number of rotatable bonds is 12. The van der Waals surface area contributed by atoms with Gasteiger partial charge in [0.15, 0.2) is 0 Å². The molecular weight excluding hydrogens is 843 g/mol. The molecule has 0 radical (unpaired) electrons. The Morgan fingerprint density at radius 1 is 0.700 bits per heavy atom. The molecule has 60 heavy (non-hydrogen) atoms. The molecule has 9 atom stereocenters. The zero-order valence-corrected chi connectivity index (χ0v) is 35.9. The monoisotopic (exact) mass is 895 g/mol. The molecule has 2 aromatic heterocycles. The molecule has 3 unspecified atom stereocenters. The van der Waals surface area contributed by atoms with Gasteiger partial charge in [-0.25, -0.2) is 14.6 Å². The second kappa shape index (κ2) is 22.9. The maximum atomic E-state index is 11.7. The molecule has 0 amide bonds. The second-order valence-electron chi connectivity index (χ2n) is 13.7. The molecule has 6 heterocycles. The summed E-state index contributed by atoms with van der Waals surface area (Å²) in [7, 11) is 0. The van der Waals surface area contributed by atoms with Gasteiger partial charge in [-0.2, -0.15) is 9.97 Å². The minimum absolute atomic E-state index is 0.0240. The molecular formula is C37H53N9O11S3. The standard InChI is InChI=1S/C13H19N3O3S.2C12H17N3O4S/c1-3-13(18)19-7-10-9(17)6-12(20-10)16-5-4-11(14)15-8(16)2;2*1-2-11(17)19-6-8-7(16)5-10(20-8)15-4-3-9(13)14-12(15)18/h4-5,9-10,12,17H,2-3,6-7H2,1H3,(H2,14,15);2*3-4,7-8,10,16H,2,5-6H2,1H3,(H2,13,14,18)/t9?,10-,12-;2*7?,8-,10-/m111/s1. The van der Waals surface area contributed by atoms with Crippen LogP contribution in [0.4, 0.5) is 11.6 Å². The molecule has 20 nitrogen and oxygen atoms in total. The van der Waals surface area contributed by atoms with Crippen molar-refractivity contribution in [1.29, 1.82) is 0 Å². The van der Waals surface area contributed by atoms with Gasteiger partial charge >= 0.3 is 29.3 Å². The topological polar surface area (TPSA) is 303 Å². The van der Waals surface area contributed by atoms with Crippen LogP contribution in [0.25, 0.3) is 0 Å². The van der Waals surface area contributed by atoms with Crippen LogP contribution in [-0.4, -0.2) is 122 Å². The predicted molar refractivity (Wildman–Crippen MR) is 229 cm³/mol. The Morgan fingerprint density at radius 3 is 1.42 bits per heavy atom. The number of thioether (sulfide) groups is 3. The quantitative estimate of drug-likeness (QED) is 0.128. The first-order chi connectivity index (χ1) is 28.5. The molecule has 4 aliphatic heterocycles. The number of hydrogen-bond acceptors (Lipinski definition) is 21. The van der Waals surface area contributed by atoms with E-state index in [1.165, 1.54) is 32.7 Å². The van der Waals surface area contributed by atoms with Crippen LogP contribution in [0.1, 0.15) is 70.0 Å². The summed E-state index contributed by atoms with van der Waals surface area (Å²) in [6, 6.07) is 3.08. The number of hydrogen-bond donors (Lipinski definition) is 6. The first kappa shape index (κ1) is 48.1. The van der Waals surface area contributed by atoms with Crippen molar-refractivity contribution in [3.8, 4) is 0 Å². The van der Waals surface area contributed by atoms with Crippen LogP contribution in [0.3, 0.4) is 0 Å². The lowest BCUT2D eigenvalue weighted by Crippen LogP contribution is -2.29. The van der Waals surface area contributed by atoms with E-state index in [0.29, 0.717) is 50.2 Å². The number of carbonyl (C=O) groups excluding carboxylic acids is 3. The lowest BCUT2D eigenvalue weighted by molar-refractivity contribution is -0.144. The average molecular weight is 896 g/mol. The number of anilines is 2. The molecule has 330 valence electrons. The van der Waals surface area contributed by atoms with Gasteiger partial charge in [0.25, 0.3) is 0 Å². The van der Waals surface area contributed by atoms with Crippen LogP contribution in [0, 0.1) is 0 Å². The maximum Gasteiger partial charge on any atom is 0.350 e. The molecule has 2 aromatic rings. The van der Waals surface area contributed by atoms with E-state index in [0.717, 1.165) is 0 Å². The van der Waals surface area contributed by atoms with Crippen LogP contribution in [0.5, 0.6) is 0 Å². The van der Waals surface area contributed by atoms with E-state index >= 15 is 0 Å². The van der Waals surface area contributed by atoms with Crippen molar-refractivity contribution in [3.63, 3.8) is 0 Å². The number of nitrogens with two attached hydrogens (primary N) is 3. The third kappa shape index (κ3) is 13.7. The van der Waals surface area contributed by atoms with Gasteiger partial charge in [0.2, 0.25) is 0 Å². The van der Waals surface area contributed by atoms with Crippen LogP contribution < -0.4 is 28.6 Å². The number of esters is 3. The molecule has 3 fully saturated rings. The van der Waals surface area contributed by atoms with Gasteiger partial charge in [-0.3, -0.25) is 23.5 Å². The lowest BCUT2D eigenvalue weighted by atomic mass is 10.2. The highest BCUT2D eigenvalue weighted by molar-refractivity contribution is 8.01. The molecule has 23 heteroatoms. The number of carbonyl (C=O) groups is 3. The summed E-state index contributed by atoms with van der Waals surface area (Å²) in [5.41, 5.74) is 15.6. The van der Waals surface area contributed by atoms with Crippen LogP contribution >= 0.6 is 35.3 Å². The summed E-state index contributed by atoms with van der Waals surface area (Å²) in [6.45, 7) is 9.54. The van der Waals surface area contributed by atoms with Gasteiger partial charge in [-0.15, -0.1) is 35.3 Å². The largest absolute Gasteiger partial charge is 0.464 e. The third-order valence-electron chi connectivity index (χ3n) is 9.30. The molecule has 6 rings (SSSR count). The van der Waals surface area contributed by atoms with E-state index in [1.807, 2.05) is 11.1 Å². The fourth-order valence-corrected chi connectivity index (χ4v) is 10.3. The van der Waals surface area contributed by atoms with Crippen molar-refractivity contribution in [2.75, 3.05) is 31.3 Å². The van der Waals surface area contributed by atoms with Crippen LogP contribution in [-0.2, 0) is 28.6 Å². The van der Waals surface area contributed by atoms with E-state index in [2.05, 4.69) is 21.5 Å². The van der Waals surface area contributed by atoms with Crippen LogP contribution in [0.2, 0.25) is 0 Å². The van der Waals surface area contributed by atoms with Crippen molar-refractivity contribution < 1.29 is 43.9 Å². The van der Waals surface area contributed by atoms with E-state index < -0.39 is 29.7 Å². The van der Waals surface area contributed by atoms with Gasteiger partial charge in [0.1, 0.15) is 43.1 Å². The van der Waals surface area contributed by atoms with E-state index in [1.54, 1.807) is 63.1 Å². The van der Waals surface area contributed by atoms with Gasteiger partial charge in [-0.1, -0.05) is 27.4 Å². The normalized spacial score (nSPS) is 26.9. The van der Waals surface area contributed by atoms with E-state index in [-0.39, 0.29) is 81.2 Å². The van der Waals surface area contributed by atoms with Gasteiger partial charge in [0.05, 0.1) is 50.2 Å². The Hall–Kier alpha value is -4.55. The van der Waals surface area contributed by atoms with Crippen molar-refractivity contribution in [2.24, 2.45) is 10.7 Å². The number of aliphatic hydroxyl groups excluding tert-OH is 3. The number of ether oxygens (including phenoxy) is 3. The highest BCUT2D eigenvalue weighted by Gasteiger charge is 2.39. The van der Waals surface area contributed by atoms with Crippen molar-refractivity contribution in [3.05, 3.63) is 70.2 Å². The summed E-state index contributed by atoms with van der Waals surface area (Å²) in [6.07, 6.45) is 7.21. The van der Waals surface area contributed by atoms with Crippen molar-refractivity contribution in [1.82, 2.24) is 24.0 Å². The fraction of sp³-hybridized carbons (Fsp3) is 0.568. The second-order valence-corrected chi connectivity index (χ2v) is 17.9. The van der Waals surface area contributed by atoms with Gasteiger partial charge < -0.3 is 51.6 Å². The molecule has 0 aromatic carbocycles. The van der Waals surface area contributed by atoms with Gasteiger partial charge in [0, 0.05) is 57.1 Å². The fourth-order valence-electron chi connectivity index (χ4n) is 5.98. The summed E-state index contributed by atoms with van der Waals surface area (Å²) in [4.78, 5) is 70.2. The minimum Gasteiger partial charge on any atom is -0.464 e. The number of aliphatic hydroxyl groups is 3. The Kier molecular flexibility index (Phi) is 18.4. The zero-order valence-electron chi connectivity index (χ0n) is 33.5. The molecule has 0 spiro atoms.